The first-order valence-corrected chi connectivity index (χ1v) is 5.65. The Morgan fingerprint density at radius 2 is 2.37 bits per heavy atom. The first kappa shape index (κ1) is 14.9. The second-order valence-electron chi connectivity index (χ2n) is 3.66. The first-order chi connectivity index (χ1) is 9.13. The van der Waals surface area contributed by atoms with Crippen molar-refractivity contribution in [2.75, 3.05) is 20.3 Å². The number of nitrogens with zero attached hydrogens (tertiary/aromatic N) is 2. The summed E-state index contributed by atoms with van der Waals surface area (Å²) in [5.74, 6) is -0.710. The summed E-state index contributed by atoms with van der Waals surface area (Å²) in [7, 11) is 1.46. The molecular weight excluding hydrogens is 256 g/mol. The van der Waals surface area contributed by atoms with Gasteiger partial charge in [-0.25, -0.2) is 9.59 Å². The van der Waals surface area contributed by atoms with Crippen LogP contribution in [0.1, 0.15) is 12.3 Å². The van der Waals surface area contributed by atoms with E-state index in [9.17, 15) is 9.59 Å². The van der Waals surface area contributed by atoms with Crippen molar-refractivity contribution in [2.45, 2.75) is 18.9 Å². The number of aliphatic carboxylic acids is 1. The summed E-state index contributed by atoms with van der Waals surface area (Å²) < 4.78 is 9.52. The molecule has 1 rings (SSSR count). The maximum atomic E-state index is 11.5. The van der Waals surface area contributed by atoms with Gasteiger partial charge in [0.05, 0.1) is 0 Å². The lowest BCUT2D eigenvalue weighted by Crippen LogP contribution is -2.46. The fraction of sp³-hybridized carbons (Fsp3) is 0.600. The van der Waals surface area contributed by atoms with Gasteiger partial charge in [-0.05, 0) is 0 Å². The highest BCUT2D eigenvalue weighted by Crippen LogP contribution is 1.94. The molecular formula is C10H16N4O5. The number of aromatic nitrogens is 2. The zero-order valence-corrected chi connectivity index (χ0v) is 10.5. The highest BCUT2D eigenvalue weighted by Gasteiger charge is 2.19. The van der Waals surface area contributed by atoms with Crippen molar-refractivity contribution >= 4 is 12.0 Å². The normalized spacial score (nSPS) is 11.8. The summed E-state index contributed by atoms with van der Waals surface area (Å²) in [5, 5.41) is 17.1. The Bertz CT molecular complexity index is 395. The third-order valence-electron chi connectivity index (χ3n) is 2.25. The van der Waals surface area contributed by atoms with Crippen LogP contribution in [0.3, 0.4) is 0 Å². The smallest absolute Gasteiger partial charge is 0.326 e. The van der Waals surface area contributed by atoms with E-state index in [2.05, 4.69) is 20.8 Å². The van der Waals surface area contributed by atoms with Crippen molar-refractivity contribution in [3.05, 3.63) is 12.2 Å². The molecule has 9 heteroatoms. The van der Waals surface area contributed by atoms with Gasteiger partial charge in [0.1, 0.15) is 6.04 Å². The van der Waals surface area contributed by atoms with Crippen molar-refractivity contribution in [1.29, 1.82) is 0 Å². The van der Waals surface area contributed by atoms with Crippen LogP contribution in [-0.4, -0.2) is 53.6 Å². The summed E-state index contributed by atoms with van der Waals surface area (Å²) in [4.78, 5) is 26.1. The number of carbonyl (C=O) groups is 2. The van der Waals surface area contributed by atoms with E-state index in [-0.39, 0.29) is 19.6 Å². The molecule has 0 aliphatic carbocycles. The molecule has 1 aromatic rings. The number of carboxylic acid groups (broad SMARTS) is 1. The number of amides is 2. The van der Waals surface area contributed by atoms with Crippen LogP contribution < -0.4 is 10.6 Å². The van der Waals surface area contributed by atoms with Crippen LogP contribution in [-0.2, 0) is 16.0 Å². The molecule has 9 nitrogen and oxygen atoms in total. The lowest BCUT2D eigenvalue weighted by Gasteiger charge is -2.14. The minimum atomic E-state index is -1.11. The summed E-state index contributed by atoms with van der Waals surface area (Å²) >= 11 is 0. The molecule has 2 amide bonds. The minimum Gasteiger partial charge on any atom is -0.480 e. The molecule has 1 aromatic heterocycles. The Labute approximate surface area is 109 Å². The first-order valence-electron chi connectivity index (χ1n) is 5.65. The molecule has 0 bridgehead atoms. The van der Waals surface area contributed by atoms with Crippen molar-refractivity contribution in [3.63, 3.8) is 0 Å². The van der Waals surface area contributed by atoms with E-state index in [0.717, 1.165) is 0 Å². The zero-order chi connectivity index (χ0) is 14.1. The van der Waals surface area contributed by atoms with Gasteiger partial charge in [-0.15, -0.1) is 0 Å². The molecule has 19 heavy (non-hydrogen) atoms. The molecule has 0 aliphatic rings. The lowest BCUT2D eigenvalue weighted by molar-refractivity contribution is -0.139. The summed E-state index contributed by atoms with van der Waals surface area (Å²) in [6, 6.07) is -1.55. The van der Waals surface area contributed by atoms with Gasteiger partial charge in [0.2, 0.25) is 5.89 Å². The second kappa shape index (κ2) is 8.03. The average Bonchev–Trinajstić information content (AvgIpc) is 2.87. The van der Waals surface area contributed by atoms with Crippen molar-refractivity contribution in [3.8, 4) is 0 Å². The van der Waals surface area contributed by atoms with E-state index in [4.69, 9.17) is 14.4 Å². The van der Waals surface area contributed by atoms with Gasteiger partial charge in [0, 0.05) is 33.1 Å². The quantitative estimate of drug-likeness (QED) is 0.576. The Morgan fingerprint density at radius 1 is 1.58 bits per heavy atom. The highest BCUT2D eigenvalue weighted by atomic mass is 16.5. The summed E-state index contributed by atoms with van der Waals surface area (Å²) in [6.07, 6.45) is 1.84. The van der Waals surface area contributed by atoms with Gasteiger partial charge < -0.3 is 25.0 Å². The van der Waals surface area contributed by atoms with Crippen LogP contribution in [0, 0.1) is 0 Å². The van der Waals surface area contributed by atoms with E-state index >= 15 is 0 Å². The standard InChI is InChI=1S/C10H16N4O5/c1-18-5-3-7(9(15)16)14-10(17)11-4-2-8-12-6-13-19-8/h6-7H,2-5H2,1H3,(H,15,16)(H2,11,14,17). The van der Waals surface area contributed by atoms with Gasteiger partial charge in [-0.1, -0.05) is 5.16 Å². The van der Waals surface area contributed by atoms with Gasteiger partial charge >= 0.3 is 12.0 Å². The van der Waals surface area contributed by atoms with Crippen LogP contribution in [0.2, 0.25) is 0 Å². The van der Waals surface area contributed by atoms with Crippen LogP contribution >= 0.6 is 0 Å². The maximum Gasteiger partial charge on any atom is 0.326 e. The molecule has 0 spiro atoms. The molecule has 1 unspecified atom stereocenters. The Kier molecular flexibility index (Phi) is 6.30. The Balaban J connectivity index is 2.25. The summed E-state index contributed by atoms with van der Waals surface area (Å²) in [6.45, 7) is 0.518. The molecule has 0 aromatic carbocycles. The molecule has 0 aliphatic heterocycles. The van der Waals surface area contributed by atoms with E-state index < -0.39 is 18.0 Å². The molecule has 106 valence electrons. The van der Waals surface area contributed by atoms with Crippen molar-refractivity contribution < 1.29 is 24.0 Å². The number of carboxylic acids is 1. The minimum absolute atomic E-state index is 0.197. The van der Waals surface area contributed by atoms with Crippen LogP contribution in [0.25, 0.3) is 0 Å². The van der Waals surface area contributed by atoms with Gasteiger partial charge in [0.15, 0.2) is 6.33 Å². The molecule has 1 heterocycles. The largest absolute Gasteiger partial charge is 0.480 e. The van der Waals surface area contributed by atoms with Crippen molar-refractivity contribution in [1.82, 2.24) is 20.8 Å². The molecule has 0 saturated carbocycles. The predicted molar refractivity (Wildman–Crippen MR) is 62.5 cm³/mol. The topological polar surface area (TPSA) is 127 Å². The number of carbonyl (C=O) groups excluding carboxylic acids is 1. The number of urea groups is 1. The fourth-order valence-corrected chi connectivity index (χ4v) is 1.29. The Morgan fingerprint density at radius 3 is 2.95 bits per heavy atom. The molecule has 0 fully saturated rings. The third kappa shape index (κ3) is 5.82. The maximum absolute atomic E-state index is 11.5. The van der Waals surface area contributed by atoms with Crippen molar-refractivity contribution in [2.24, 2.45) is 0 Å². The fourth-order valence-electron chi connectivity index (χ4n) is 1.29. The number of methoxy groups -OCH3 is 1. The van der Waals surface area contributed by atoms with E-state index in [1.165, 1.54) is 13.4 Å². The van der Waals surface area contributed by atoms with E-state index in [0.29, 0.717) is 12.3 Å². The Hall–Kier alpha value is -2.16. The zero-order valence-electron chi connectivity index (χ0n) is 10.5. The van der Waals surface area contributed by atoms with Crippen LogP contribution in [0.15, 0.2) is 10.9 Å². The lowest BCUT2D eigenvalue weighted by atomic mass is 10.2. The van der Waals surface area contributed by atoms with Gasteiger partial charge in [-0.2, -0.15) is 4.98 Å². The molecule has 0 radical (unpaired) electrons. The SMILES string of the molecule is COCCC(NC(=O)NCCc1ncno1)C(=O)O. The van der Waals surface area contributed by atoms with E-state index in [1.807, 2.05) is 0 Å². The van der Waals surface area contributed by atoms with Crippen LogP contribution in [0.4, 0.5) is 4.79 Å². The monoisotopic (exact) mass is 272 g/mol. The van der Waals surface area contributed by atoms with Gasteiger partial charge in [0.25, 0.3) is 0 Å². The molecule has 1 atom stereocenters. The highest BCUT2D eigenvalue weighted by molar-refractivity contribution is 5.82. The van der Waals surface area contributed by atoms with Crippen LogP contribution in [0.5, 0.6) is 0 Å². The predicted octanol–water partition coefficient (Wildman–Crippen LogP) is -0.599. The molecule has 3 N–H and O–H groups in total. The number of rotatable bonds is 8. The third-order valence-corrected chi connectivity index (χ3v) is 2.25. The number of ether oxygens (including phenoxy) is 1. The number of nitrogens with one attached hydrogen (secondary N) is 2. The van der Waals surface area contributed by atoms with E-state index in [1.54, 1.807) is 0 Å². The average molecular weight is 272 g/mol. The summed E-state index contributed by atoms with van der Waals surface area (Å²) in [5.41, 5.74) is 0. The second-order valence-corrected chi connectivity index (χ2v) is 3.66. The van der Waals surface area contributed by atoms with Gasteiger partial charge in [-0.3, -0.25) is 0 Å². The number of hydrogen-bond acceptors (Lipinski definition) is 6. The molecule has 0 saturated heterocycles. The number of hydrogen-bond donors (Lipinski definition) is 3.